The highest BCUT2D eigenvalue weighted by atomic mass is 35.5. The van der Waals surface area contributed by atoms with E-state index in [1.54, 1.807) is 23.3 Å². The number of aliphatic carboxylic acids is 1. The van der Waals surface area contributed by atoms with Crippen molar-refractivity contribution >= 4 is 17.6 Å². The van der Waals surface area contributed by atoms with Crippen molar-refractivity contribution in [2.75, 3.05) is 0 Å². The van der Waals surface area contributed by atoms with E-state index in [0.717, 1.165) is 16.9 Å². The van der Waals surface area contributed by atoms with Gasteiger partial charge in [0, 0.05) is 29.4 Å². The largest absolute Gasteiger partial charge is 0.480 e. The molecule has 0 spiro atoms. The predicted octanol–water partition coefficient (Wildman–Crippen LogP) is 2.26. The Kier molecular flexibility index (Phi) is 3.54. The van der Waals surface area contributed by atoms with Crippen LogP contribution in [0.3, 0.4) is 0 Å². The highest BCUT2D eigenvalue weighted by Gasteiger charge is 2.29. The molecule has 0 bridgehead atoms. The van der Waals surface area contributed by atoms with Crippen LogP contribution in [0.5, 0.6) is 0 Å². The molecule has 0 amide bonds. The smallest absolute Gasteiger partial charge is 0.326 e. The lowest BCUT2D eigenvalue weighted by Gasteiger charge is -2.19. The van der Waals surface area contributed by atoms with Gasteiger partial charge in [-0.2, -0.15) is 0 Å². The summed E-state index contributed by atoms with van der Waals surface area (Å²) in [6.07, 6.45) is 2.66. The Bertz CT molecular complexity index is 1050. The van der Waals surface area contributed by atoms with Crippen LogP contribution in [0.15, 0.2) is 41.5 Å². The molecule has 1 aliphatic rings. The van der Waals surface area contributed by atoms with E-state index in [1.807, 2.05) is 23.9 Å². The molecule has 1 aromatic carbocycles. The lowest BCUT2D eigenvalue weighted by atomic mass is 10.0. The van der Waals surface area contributed by atoms with E-state index in [4.69, 9.17) is 11.6 Å². The van der Waals surface area contributed by atoms with Gasteiger partial charge in [0.1, 0.15) is 12.4 Å². The summed E-state index contributed by atoms with van der Waals surface area (Å²) in [6, 6.07) is 7.99. The number of carboxylic acid groups (broad SMARTS) is 1. The molecule has 0 fully saturated rings. The molecule has 2 aromatic heterocycles. The quantitative estimate of drug-likeness (QED) is 0.778. The summed E-state index contributed by atoms with van der Waals surface area (Å²) in [5.74, 6) is -0.976. The van der Waals surface area contributed by atoms with Gasteiger partial charge in [-0.05, 0) is 42.7 Å². The second-order valence-corrected chi connectivity index (χ2v) is 6.50. The molecule has 0 saturated heterocycles. The van der Waals surface area contributed by atoms with Crippen molar-refractivity contribution in [3.8, 4) is 16.8 Å². The van der Waals surface area contributed by atoms with Gasteiger partial charge in [0.15, 0.2) is 0 Å². The van der Waals surface area contributed by atoms with Gasteiger partial charge in [0.2, 0.25) is 0 Å². The third-order valence-electron chi connectivity index (χ3n) is 4.57. The normalized spacial score (nSPS) is 16.2. The number of aromatic nitrogens is 4. The number of aryl methyl sites for hydroxylation is 2. The van der Waals surface area contributed by atoms with Crippen LogP contribution in [0.4, 0.5) is 0 Å². The minimum absolute atomic E-state index is 0.311. The average Bonchev–Trinajstić information content (AvgIpc) is 2.99. The monoisotopic (exact) mass is 358 g/mol. The van der Waals surface area contributed by atoms with Gasteiger partial charge < -0.3 is 5.11 Å². The fourth-order valence-electron chi connectivity index (χ4n) is 3.35. The molecule has 7 nitrogen and oxygen atoms in total. The van der Waals surface area contributed by atoms with E-state index in [9.17, 15) is 14.7 Å². The molecule has 0 unspecified atom stereocenters. The number of hydrogen-bond acceptors (Lipinski definition) is 3. The van der Waals surface area contributed by atoms with E-state index in [1.165, 1.54) is 10.6 Å². The summed E-state index contributed by atoms with van der Waals surface area (Å²) in [4.78, 5) is 25.6. The zero-order valence-electron chi connectivity index (χ0n) is 13.4. The molecule has 128 valence electrons. The van der Waals surface area contributed by atoms with Crippen molar-refractivity contribution in [1.29, 1.82) is 0 Å². The van der Waals surface area contributed by atoms with Crippen molar-refractivity contribution in [3.63, 3.8) is 0 Å². The number of carbonyl (C=O) groups is 1. The molecular weight excluding hydrogens is 344 g/mol. The maximum atomic E-state index is 12.6. The fraction of sp³-hybridized carbons (Fsp3) is 0.235. The van der Waals surface area contributed by atoms with Crippen LogP contribution in [0.25, 0.3) is 16.8 Å². The first-order chi connectivity index (χ1) is 12.0. The summed E-state index contributed by atoms with van der Waals surface area (Å²) < 4.78 is 3.21. The van der Waals surface area contributed by atoms with Crippen LogP contribution in [-0.2, 0) is 18.3 Å². The fourth-order valence-corrected chi connectivity index (χ4v) is 3.52. The Morgan fingerprint density at radius 1 is 1.32 bits per heavy atom. The summed E-state index contributed by atoms with van der Waals surface area (Å²) in [7, 11) is 1.81. The van der Waals surface area contributed by atoms with Gasteiger partial charge in [-0.1, -0.05) is 11.6 Å². The minimum Gasteiger partial charge on any atom is -0.480 e. The summed E-state index contributed by atoms with van der Waals surface area (Å²) in [5, 5.41) is 13.9. The molecule has 1 atom stereocenters. The Morgan fingerprint density at radius 3 is 2.76 bits per heavy atom. The Labute approximate surface area is 147 Å². The zero-order valence-corrected chi connectivity index (χ0v) is 14.1. The molecule has 0 radical (unpaired) electrons. The van der Waals surface area contributed by atoms with E-state index in [-0.39, 0.29) is 5.56 Å². The van der Waals surface area contributed by atoms with Gasteiger partial charge in [0.25, 0.3) is 5.56 Å². The van der Waals surface area contributed by atoms with Crippen LogP contribution in [0, 0.1) is 0 Å². The minimum atomic E-state index is -0.976. The summed E-state index contributed by atoms with van der Waals surface area (Å²) in [5.41, 5.74) is 2.78. The molecule has 1 N–H and O–H groups in total. The van der Waals surface area contributed by atoms with Crippen LogP contribution < -0.4 is 5.56 Å². The molecule has 25 heavy (non-hydrogen) atoms. The number of nitrogens with zero attached hydrogens (tertiary/aromatic N) is 4. The van der Waals surface area contributed by atoms with E-state index < -0.39 is 12.0 Å². The molecule has 8 heteroatoms. The molecule has 4 rings (SSSR count). The number of halogens is 1. The number of benzene rings is 1. The first kappa shape index (κ1) is 15.7. The Hall–Kier alpha value is -2.80. The topological polar surface area (TPSA) is 82.0 Å². The highest BCUT2D eigenvalue weighted by Crippen LogP contribution is 2.32. The van der Waals surface area contributed by atoms with Crippen molar-refractivity contribution in [2.45, 2.75) is 18.9 Å². The van der Waals surface area contributed by atoms with Crippen LogP contribution in [0.2, 0.25) is 5.02 Å². The number of pyridine rings is 1. The third-order valence-corrected chi connectivity index (χ3v) is 4.81. The van der Waals surface area contributed by atoms with Gasteiger partial charge in [-0.15, -0.1) is 5.10 Å². The molecular formula is C17H15ClN4O3. The molecule has 0 saturated carbocycles. The number of carboxylic acids is 1. The van der Waals surface area contributed by atoms with Crippen LogP contribution >= 0.6 is 11.6 Å². The highest BCUT2D eigenvalue weighted by molar-refractivity contribution is 6.31. The Morgan fingerprint density at radius 2 is 2.12 bits per heavy atom. The third kappa shape index (κ3) is 2.47. The zero-order chi connectivity index (χ0) is 17.7. The van der Waals surface area contributed by atoms with E-state index in [0.29, 0.717) is 23.4 Å². The van der Waals surface area contributed by atoms with Crippen molar-refractivity contribution in [1.82, 2.24) is 19.1 Å². The second kappa shape index (κ2) is 5.63. The predicted molar refractivity (Wildman–Crippen MR) is 92.2 cm³/mol. The van der Waals surface area contributed by atoms with E-state index in [2.05, 4.69) is 5.10 Å². The van der Waals surface area contributed by atoms with Crippen molar-refractivity contribution in [2.24, 2.45) is 7.05 Å². The molecule has 3 aromatic rings. The first-order valence-electron chi connectivity index (χ1n) is 7.81. The van der Waals surface area contributed by atoms with Gasteiger partial charge in [-0.25, -0.2) is 14.3 Å². The first-order valence-corrected chi connectivity index (χ1v) is 8.18. The van der Waals surface area contributed by atoms with E-state index >= 15 is 0 Å². The average molecular weight is 359 g/mol. The maximum Gasteiger partial charge on any atom is 0.326 e. The van der Waals surface area contributed by atoms with Crippen molar-refractivity contribution in [3.05, 3.63) is 57.7 Å². The maximum absolute atomic E-state index is 12.6. The second-order valence-electron chi connectivity index (χ2n) is 6.06. The molecule has 1 aliphatic heterocycles. The Balaban J connectivity index is 1.90. The summed E-state index contributed by atoms with van der Waals surface area (Å²) in [6.45, 7) is 0. The van der Waals surface area contributed by atoms with Crippen molar-refractivity contribution < 1.29 is 9.90 Å². The van der Waals surface area contributed by atoms with Crippen LogP contribution in [-0.4, -0.2) is 30.2 Å². The number of fused-ring (bicyclic) bond motifs is 1. The van der Waals surface area contributed by atoms with Gasteiger partial charge in [0.05, 0.1) is 5.69 Å². The molecule has 3 heterocycles. The lowest BCUT2D eigenvalue weighted by Crippen LogP contribution is -2.27. The van der Waals surface area contributed by atoms with Gasteiger partial charge >= 0.3 is 5.97 Å². The molecule has 0 aliphatic carbocycles. The number of hydrogen-bond donors (Lipinski definition) is 1. The van der Waals surface area contributed by atoms with Gasteiger partial charge in [-0.3, -0.25) is 9.36 Å². The summed E-state index contributed by atoms with van der Waals surface area (Å²) >= 11 is 6.16. The lowest BCUT2D eigenvalue weighted by molar-refractivity contribution is -0.140. The standard InChI is InChI=1S/C17H15ClN4O3/c1-20-19-9-21(20)14-4-2-11(18)8-13(14)10-6-12-3-5-15(17(24)25)22(12)16(23)7-10/h2,4,6-9,15H,3,5H2,1H3,(H,24,25)/t15-/m0/s1. The SMILES string of the molecule is Cn1ncn1-c1ccc(Cl)cc1-c1cc2n(c(=O)c1)[C@H](C(=O)O)CC2. The van der Waals surface area contributed by atoms with Crippen LogP contribution in [0.1, 0.15) is 18.2 Å². The number of rotatable bonds is 3.